The van der Waals surface area contributed by atoms with Gasteiger partial charge in [-0.25, -0.2) is 4.39 Å². The van der Waals surface area contributed by atoms with Crippen LogP contribution in [0.3, 0.4) is 0 Å². The summed E-state index contributed by atoms with van der Waals surface area (Å²) in [6, 6.07) is 4.91. The standard InChI is InChI=1S/C10H9FS/c1-7-4-5-12-10-3-2-8(11)6-9(7)10/h2-3,6H,1,4-5H2. The Morgan fingerprint density at radius 2 is 2.25 bits per heavy atom. The van der Waals surface area contributed by atoms with Crippen LogP contribution < -0.4 is 0 Å². The highest BCUT2D eigenvalue weighted by atomic mass is 32.2. The molecule has 1 aliphatic rings. The molecule has 1 heterocycles. The van der Waals surface area contributed by atoms with Crippen LogP contribution in [0.4, 0.5) is 4.39 Å². The molecule has 2 rings (SSSR count). The summed E-state index contributed by atoms with van der Waals surface area (Å²) in [6.45, 7) is 3.92. The summed E-state index contributed by atoms with van der Waals surface area (Å²) < 4.78 is 12.8. The maximum atomic E-state index is 12.8. The Morgan fingerprint density at radius 3 is 3.08 bits per heavy atom. The number of hydrogen-bond donors (Lipinski definition) is 0. The molecule has 0 unspecified atom stereocenters. The zero-order valence-electron chi connectivity index (χ0n) is 6.64. The minimum Gasteiger partial charge on any atom is -0.207 e. The Hall–Kier alpha value is -0.760. The van der Waals surface area contributed by atoms with E-state index in [9.17, 15) is 4.39 Å². The van der Waals surface area contributed by atoms with Crippen molar-refractivity contribution >= 4 is 17.3 Å². The monoisotopic (exact) mass is 180 g/mol. The fourth-order valence-corrected chi connectivity index (χ4v) is 2.41. The number of hydrogen-bond acceptors (Lipinski definition) is 1. The van der Waals surface area contributed by atoms with E-state index < -0.39 is 0 Å². The molecule has 0 radical (unpaired) electrons. The van der Waals surface area contributed by atoms with Crippen molar-refractivity contribution in [2.24, 2.45) is 0 Å². The molecule has 0 nitrogen and oxygen atoms in total. The topological polar surface area (TPSA) is 0 Å². The van der Waals surface area contributed by atoms with Gasteiger partial charge in [0.15, 0.2) is 0 Å². The van der Waals surface area contributed by atoms with Crippen LogP contribution in [0, 0.1) is 5.82 Å². The van der Waals surface area contributed by atoms with Gasteiger partial charge in [-0.1, -0.05) is 6.58 Å². The molecule has 0 fully saturated rings. The van der Waals surface area contributed by atoms with Crippen molar-refractivity contribution in [1.29, 1.82) is 0 Å². The second kappa shape index (κ2) is 2.94. The number of thioether (sulfide) groups is 1. The van der Waals surface area contributed by atoms with Crippen molar-refractivity contribution < 1.29 is 4.39 Å². The second-order valence-electron chi connectivity index (χ2n) is 2.84. The Morgan fingerprint density at radius 1 is 1.42 bits per heavy atom. The van der Waals surface area contributed by atoms with Crippen LogP contribution in [-0.4, -0.2) is 5.75 Å². The van der Waals surface area contributed by atoms with E-state index in [2.05, 4.69) is 6.58 Å². The van der Waals surface area contributed by atoms with Gasteiger partial charge in [0, 0.05) is 10.6 Å². The maximum Gasteiger partial charge on any atom is 0.123 e. The van der Waals surface area contributed by atoms with E-state index in [0.717, 1.165) is 28.2 Å². The predicted octanol–water partition coefficient (Wildman–Crippen LogP) is 3.33. The Bertz CT molecular complexity index is 331. The summed E-state index contributed by atoms with van der Waals surface area (Å²) in [5.41, 5.74) is 2.05. The quantitative estimate of drug-likeness (QED) is 0.590. The first-order valence-corrected chi connectivity index (χ1v) is 4.86. The van der Waals surface area contributed by atoms with Crippen LogP contribution in [0.2, 0.25) is 0 Å². The first-order chi connectivity index (χ1) is 5.77. The molecule has 0 saturated carbocycles. The molecule has 62 valence electrons. The zero-order valence-corrected chi connectivity index (χ0v) is 7.46. The molecule has 12 heavy (non-hydrogen) atoms. The van der Waals surface area contributed by atoms with Crippen LogP contribution in [0.1, 0.15) is 12.0 Å². The molecular weight excluding hydrogens is 171 g/mol. The van der Waals surface area contributed by atoms with E-state index in [4.69, 9.17) is 0 Å². The minimum absolute atomic E-state index is 0.169. The van der Waals surface area contributed by atoms with Crippen LogP contribution in [-0.2, 0) is 0 Å². The van der Waals surface area contributed by atoms with Gasteiger partial charge in [0.1, 0.15) is 5.82 Å². The van der Waals surface area contributed by atoms with Gasteiger partial charge in [0.2, 0.25) is 0 Å². The molecule has 0 aliphatic carbocycles. The molecule has 0 saturated heterocycles. The maximum absolute atomic E-state index is 12.8. The summed E-state index contributed by atoms with van der Waals surface area (Å²) in [5, 5.41) is 0. The molecule has 0 bridgehead atoms. The largest absolute Gasteiger partial charge is 0.207 e. The van der Waals surface area contributed by atoms with E-state index in [1.54, 1.807) is 17.8 Å². The summed E-state index contributed by atoms with van der Waals surface area (Å²) in [6.07, 6.45) is 0.973. The van der Waals surface area contributed by atoms with E-state index in [1.165, 1.54) is 6.07 Å². The summed E-state index contributed by atoms with van der Waals surface area (Å²) in [4.78, 5) is 1.16. The number of fused-ring (bicyclic) bond motifs is 1. The number of benzene rings is 1. The highest BCUT2D eigenvalue weighted by Crippen LogP contribution is 2.35. The predicted molar refractivity (Wildman–Crippen MR) is 50.8 cm³/mol. The Labute approximate surface area is 75.5 Å². The molecule has 0 spiro atoms. The summed E-state index contributed by atoms with van der Waals surface area (Å²) in [5.74, 6) is 0.898. The third kappa shape index (κ3) is 1.27. The summed E-state index contributed by atoms with van der Waals surface area (Å²) >= 11 is 1.77. The average molecular weight is 180 g/mol. The van der Waals surface area contributed by atoms with Crippen LogP contribution in [0.5, 0.6) is 0 Å². The fourth-order valence-electron chi connectivity index (χ4n) is 1.32. The molecule has 0 atom stereocenters. The number of allylic oxidation sites excluding steroid dienone is 1. The Balaban J connectivity index is 2.54. The van der Waals surface area contributed by atoms with E-state index in [1.807, 2.05) is 6.07 Å². The molecule has 1 aromatic carbocycles. The fraction of sp³-hybridized carbons (Fsp3) is 0.200. The first-order valence-electron chi connectivity index (χ1n) is 3.88. The highest BCUT2D eigenvalue weighted by molar-refractivity contribution is 7.99. The molecule has 0 aromatic heterocycles. The lowest BCUT2D eigenvalue weighted by molar-refractivity contribution is 0.625. The van der Waals surface area contributed by atoms with Gasteiger partial charge in [-0.15, -0.1) is 11.8 Å². The SMILES string of the molecule is C=C1CCSc2ccc(F)cc21. The molecule has 1 aliphatic heterocycles. The van der Waals surface area contributed by atoms with Gasteiger partial charge in [-0.2, -0.15) is 0 Å². The first kappa shape index (κ1) is 7.87. The van der Waals surface area contributed by atoms with Crippen molar-refractivity contribution in [2.45, 2.75) is 11.3 Å². The van der Waals surface area contributed by atoms with Gasteiger partial charge >= 0.3 is 0 Å². The summed E-state index contributed by atoms with van der Waals surface area (Å²) in [7, 11) is 0. The minimum atomic E-state index is -0.169. The second-order valence-corrected chi connectivity index (χ2v) is 3.98. The van der Waals surface area contributed by atoms with Crippen molar-refractivity contribution in [1.82, 2.24) is 0 Å². The lowest BCUT2D eigenvalue weighted by Crippen LogP contribution is -1.96. The van der Waals surface area contributed by atoms with Gasteiger partial charge in [-0.3, -0.25) is 0 Å². The highest BCUT2D eigenvalue weighted by Gasteiger charge is 2.12. The van der Waals surface area contributed by atoms with E-state index in [0.29, 0.717) is 0 Å². The van der Waals surface area contributed by atoms with Crippen molar-refractivity contribution in [2.75, 3.05) is 5.75 Å². The third-order valence-corrected chi connectivity index (χ3v) is 3.06. The average Bonchev–Trinajstić information content (AvgIpc) is 2.07. The Kier molecular flexibility index (Phi) is 1.93. The van der Waals surface area contributed by atoms with Gasteiger partial charge in [0.05, 0.1) is 0 Å². The molecule has 0 amide bonds. The number of halogens is 1. The van der Waals surface area contributed by atoms with Crippen LogP contribution in [0.15, 0.2) is 29.7 Å². The van der Waals surface area contributed by atoms with Gasteiger partial charge < -0.3 is 0 Å². The van der Waals surface area contributed by atoms with Gasteiger partial charge in [0.25, 0.3) is 0 Å². The van der Waals surface area contributed by atoms with Gasteiger partial charge in [-0.05, 0) is 35.8 Å². The third-order valence-electron chi connectivity index (χ3n) is 1.98. The van der Waals surface area contributed by atoms with Crippen LogP contribution >= 0.6 is 11.8 Å². The van der Waals surface area contributed by atoms with E-state index >= 15 is 0 Å². The molecule has 0 N–H and O–H groups in total. The number of rotatable bonds is 0. The molecular formula is C10H9FS. The smallest absolute Gasteiger partial charge is 0.123 e. The van der Waals surface area contributed by atoms with Crippen LogP contribution in [0.25, 0.3) is 5.57 Å². The van der Waals surface area contributed by atoms with Crippen molar-refractivity contribution in [3.05, 3.63) is 36.2 Å². The van der Waals surface area contributed by atoms with Crippen molar-refractivity contribution in [3.8, 4) is 0 Å². The lowest BCUT2D eigenvalue weighted by atomic mass is 10.0. The normalized spacial score (nSPS) is 15.9. The van der Waals surface area contributed by atoms with Crippen molar-refractivity contribution in [3.63, 3.8) is 0 Å². The molecule has 2 heteroatoms. The van der Waals surface area contributed by atoms with E-state index in [-0.39, 0.29) is 5.82 Å². The molecule has 1 aromatic rings. The zero-order chi connectivity index (χ0) is 8.55. The lowest BCUT2D eigenvalue weighted by Gasteiger charge is -2.16.